The van der Waals surface area contributed by atoms with Gasteiger partial charge in [0.05, 0.1) is 11.6 Å². The quantitative estimate of drug-likeness (QED) is 0.170. The zero-order valence-corrected chi connectivity index (χ0v) is 32.8. The molecule has 278 valence electrons. The highest BCUT2D eigenvalue weighted by Gasteiger charge is 2.36. The Morgan fingerprint density at radius 3 is 1.69 bits per heavy atom. The van der Waals surface area contributed by atoms with Crippen molar-refractivity contribution in [3.05, 3.63) is 211 Å². The van der Waals surface area contributed by atoms with Crippen molar-refractivity contribution in [1.82, 2.24) is 0 Å². The van der Waals surface area contributed by atoms with Crippen LogP contribution in [0.4, 0.5) is 17.1 Å². The molecule has 0 unspecified atom stereocenters. The number of hydrogen-bond acceptors (Lipinski definition) is 3. The predicted molar refractivity (Wildman–Crippen MR) is 244 cm³/mol. The first-order valence-corrected chi connectivity index (χ1v) is 20.1. The van der Waals surface area contributed by atoms with Crippen LogP contribution in [0.25, 0.3) is 77.2 Å². The fraction of sp³-hybridized carbons (Fsp3) is 0.0536. The first kappa shape index (κ1) is 34.6. The van der Waals surface area contributed by atoms with Crippen LogP contribution in [0.2, 0.25) is 0 Å². The zero-order chi connectivity index (χ0) is 39.7. The molecule has 59 heavy (non-hydrogen) atoms. The third-order valence-electron chi connectivity index (χ3n) is 12.3. The van der Waals surface area contributed by atoms with Crippen molar-refractivity contribution in [2.75, 3.05) is 4.90 Å². The van der Waals surface area contributed by atoms with Gasteiger partial charge in [-0.05, 0) is 139 Å². The smallest absolute Gasteiger partial charge is 0.136 e. The minimum absolute atomic E-state index is 0.190. The largest absolute Gasteiger partial charge is 0.456 e. The molecule has 3 nitrogen and oxygen atoms in total. The third kappa shape index (κ3) is 5.72. The molecule has 0 aliphatic heterocycles. The van der Waals surface area contributed by atoms with Crippen molar-refractivity contribution >= 4 is 49.8 Å². The van der Waals surface area contributed by atoms with Crippen LogP contribution >= 0.6 is 0 Å². The molecular formula is C56H38N2O. The van der Waals surface area contributed by atoms with Crippen molar-refractivity contribution in [3.8, 4) is 50.6 Å². The molecule has 0 amide bonds. The topological polar surface area (TPSA) is 40.2 Å². The second kappa shape index (κ2) is 13.5. The number of nitrogens with zero attached hydrogens (tertiary/aromatic N) is 2. The minimum atomic E-state index is -0.190. The van der Waals surface area contributed by atoms with E-state index in [0.29, 0.717) is 5.56 Å². The molecule has 0 saturated heterocycles. The molecule has 1 aliphatic carbocycles. The van der Waals surface area contributed by atoms with Crippen LogP contribution in [0.15, 0.2) is 199 Å². The molecule has 1 aromatic heterocycles. The summed E-state index contributed by atoms with van der Waals surface area (Å²) in [5.41, 5.74) is 17.7. The molecule has 3 heteroatoms. The monoisotopic (exact) mass is 754 g/mol. The normalized spacial score (nSPS) is 12.7. The first-order chi connectivity index (χ1) is 28.9. The Balaban J connectivity index is 0.924. The van der Waals surface area contributed by atoms with Gasteiger partial charge >= 0.3 is 0 Å². The van der Waals surface area contributed by atoms with Gasteiger partial charge in [-0.2, -0.15) is 5.26 Å². The SMILES string of the molecule is CC1(C)c2cc(-c3ccccc3)ccc2-c2ccc(N(c3ccc(C#N)cc3)c3ccc(-c4ccc(-c5ccc6oc7ccc8ccccc8c7c6c5)cc4)cc3)cc21. The molecule has 0 bridgehead atoms. The standard InChI is InChI=1S/C56H38N2O/c1-56(2)51-33-43(37-8-4-3-5-9-37)20-28-48(51)49-29-27-46(34-52(49)56)58(44-23-12-36(35-57)13-24-44)45-25-18-39(19-26-45)38-14-16-40(17-15-38)42-22-30-53-50(32-42)55-47-11-7-6-10-41(47)21-31-54(55)59-53/h3-34H,1-2H3. The van der Waals surface area contributed by atoms with Gasteiger partial charge in [-0.25, -0.2) is 0 Å². The highest BCUT2D eigenvalue weighted by atomic mass is 16.3. The van der Waals surface area contributed by atoms with E-state index >= 15 is 0 Å². The van der Waals surface area contributed by atoms with E-state index in [0.717, 1.165) is 61.3 Å². The molecule has 0 spiro atoms. The first-order valence-electron chi connectivity index (χ1n) is 20.1. The number of hydrogen-bond donors (Lipinski definition) is 0. The third-order valence-corrected chi connectivity index (χ3v) is 12.3. The van der Waals surface area contributed by atoms with Gasteiger partial charge in [0.2, 0.25) is 0 Å². The Bertz CT molecular complexity index is 3280. The number of furan rings is 1. The lowest BCUT2D eigenvalue weighted by molar-refractivity contribution is 0.660. The molecule has 1 heterocycles. The van der Waals surface area contributed by atoms with Crippen LogP contribution in [-0.2, 0) is 5.41 Å². The summed E-state index contributed by atoms with van der Waals surface area (Å²) in [6, 6.07) is 71.4. The molecular weight excluding hydrogens is 717 g/mol. The Morgan fingerprint density at radius 2 is 0.966 bits per heavy atom. The highest BCUT2D eigenvalue weighted by molar-refractivity contribution is 6.19. The Hall–Kier alpha value is -7.67. The summed E-state index contributed by atoms with van der Waals surface area (Å²) in [6.07, 6.45) is 0. The summed E-state index contributed by atoms with van der Waals surface area (Å²) < 4.78 is 6.26. The zero-order valence-electron chi connectivity index (χ0n) is 32.8. The molecule has 0 atom stereocenters. The minimum Gasteiger partial charge on any atom is -0.456 e. The van der Waals surface area contributed by atoms with Crippen LogP contribution < -0.4 is 4.90 Å². The van der Waals surface area contributed by atoms with E-state index in [4.69, 9.17) is 4.42 Å². The molecule has 1 aliphatic rings. The van der Waals surface area contributed by atoms with Gasteiger partial charge in [-0.1, -0.05) is 135 Å². The van der Waals surface area contributed by atoms with E-state index in [1.54, 1.807) is 0 Å². The van der Waals surface area contributed by atoms with E-state index in [-0.39, 0.29) is 5.41 Å². The predicted octanol–water partition coefficient (Wildman–Crippen LogP) is 15.4. The molecule has 9 aromatic carbocycles. The molecule has 0 N–H and O–H groups in total. The molecule has 0 radical (unpaired) electrons. The molecule has 11 rings (SSSR count). The van der Waals surface area contributed by atoms with Crippen molar-refractivity contribution in [3.63, 3.8) is 0 Å². The Morgan fingerprint density at radius 1 is 0.441 bits per heavy atom. The molecule has 10 aromatic rings. The van der Waals surface area contributed by atoms with Gasteiger partial charge in [-0.15, -0.1) is 0 Å². The summed E-state index contributed by atoms with van der Waals surface area (Å²) in [7, 11) is 0. The van der Waals surface area contributed by atoms with E-state index < -0.39 is 0 Å². The summed E-state index contributed by atoms with van der Waals surface area (Å²) in [5.74, 6) is 0. The lowest BCUT2D eigenvalue weighted by Crippen LogP contribution is -2.16. The summed E-state index contributed by atoms with van der Waals surface area (Å²) >= 11 is 0. The van der Waals surface area contributed by atoms with E-state index in [2.05, 4.69) is 195 Å². The number of benzene rings is 9. The lowest BCUT2D eigenvalue weighted by atomic mass is 9.81. The second-order valence-electron chi connectivity index (χ2n) is 16.1. The van der Waals surface area contributed by atoms with Crippen LogP contribution in [0.3, 0.4) is 0 Å². The maximum atomic E-state index is 9.60. The van der Waals surface area contributed by atoms with Crippen LogP contribution in [-0.4, -0.2) is 0 Å². The molecule has 0 saturated carbocycles. The van der Waals surface area contributed by atoms with Gasteiger partial charge in [0.1, 0.15) is 11.2 Å². The lowest BCUT2D eigenvalue weighted by Gasteiger charge is -2.28. The molecule has 0 fully saturated rings. The van der Waals surface area contributed by atoms with Crippen molar-refractivity contribution in [2.45, 2.75) is 19.3 Å². The fourth-order valence-corrected chi connectivity index (χ4v) is 9.19. The number of nitriles is 1. The van der Waals surface area contributed by atoms with E-state index in [1.165, 1.54) is 44.2 Å². The van der Waals surface area contributed by atoms with Gasteiger partial charge < -0.3 is 9.32 Å². The second-order valence-corrected chi connectivity index (χ2v) is 16.1. The maximum Gasteiger partial charge on any atom is 0.136 e. The van der Waals surface area contributed by atoms with Gasteiger partial charge in [-0.3, -0.25) is 0 Å². The number of fused-ring (bicyclic) bond motifs is 8. The number of anilines is 3. The van der Waals surface area contributed by atoms with Crippen molar-refractivity contribution in [2.24, 2.45) is 0 Å². The Labute approximate surface area is 343 Å². The van der Waals surface area contributed by atoms with Crippen LogP contribution in [0, 0.1) is 11.3 Å². The Kier molecular flexibility index (Phi) is 7.90. The highest BCUT2D eigenvalue weighted by Crippen LogP contribution is 2.51. The van der Waals surface area contributed by atoms with E-state index in [9.17, 15) is 5.26 Å². The van der Waals surface area contributed by atoms with Crippen molar-refractivity contribution < 1.29 is 4.42 Å². The van der Waals surface area contributed by atoms with Crippen LogP contribution in [0.5, 0.6) is 0 Å². The number of rotatable bonds is 6. The van der Waals surface area contributed by atoms with Gasteiger partial charge in [0, 0.05) is 33.2 Å². The summed E-state index contributed by atoms with van der Waals surface area (Å²) in [6.45, 7) is 4.67. The fourth-order valence-electron chi connectivity index (χ4n) is 9.19. The van der Waals surface area contributed by atoms with Crippen LogP contribution in [0.1, 0.15) is 30.5 Å². The summed E-state index contributed by atoms with van der Waals surface area (Å²) in [4.78, 5) is 2.29. The average Bonchev–Trinajstić information content (AvgIpc) is 3.78. The van der Waals surface area contributed by atoms with E-state index in [1.807, 2.05) is 24.3 Å². The van der Waals surface area contributed by atoms with Crippen molar-refractivity contribution in [1.29, 1.82) is 5.26 Å². The van der Waals surface area contributed by atoms with Gasteiger partial charge in [0.15, 0.2) is 0 Å². The summed E-state index contributed by atoms with van der Waals surface area (Å²) in [5, 5.41) is 14.3. The average molecular weight is 755 g/mol. The van der Waals surface area contributed by atoms with Gasteiger partial charge in [0.25, 0.3) is 0 Å². The maximum absolute atomic E-state index is 9.60.